The van der Waals surface area contributed by atoms with E-state index in [1.807, 2.05) is 4.90 Å². The van der Waals surface area contributed by atoms with E-state index in [9.17, 15) is 14.0 Å². The van der Waals surface area contributed by atoms with Crippen LogP contribution in [0.2, 0.25) is 0 Å². The zero-order valence-electron chi connectivity index (χ0n) is 17.5. The van der Waals surface area contributed by atoms with E-state index in [4.69, 9.17) is 9.47 Å². The number of nitrogens with zero attached hydrogens (tertiary/aromatic N) is 2. The Kier molecular flexibility index (Phi) is 6.18. The monoisotopic (exact) mass is 427 g/mol. The van der Waals surface area contributed by atoms with Crippen molar-refractivity contribution < 1.29 is 23.5 Å². The van der Waals surface area contributed by atoms with Gasteiger partial charge in [-0.15, -0.1) is 0 Å². The normalized spacial score (nSPS) is 19.9. The van der Waals surface area contributed by atoms with Crippen LogP contribution in [0.15, 0.2) is 42.7 Å². The summed E-state index contributed by atoms with van der Waals surface area (Å²) in [6.45, 7) is 1.66. The van der Waals surface area contributed by atoms with Gasteiger partial charge in [0, 0.05) is 43.2 Å². The van der Waals surface area contributed by atoms with Crippen LogP contribution in [0.5, 0.6) is 5.75 Å². The highest BCUT2D eigenvalue weighted by Crippen LogP contribution is 2.39. The van der Waals surface area contributed by atoms with Crippen molar-refractivity contribution in [1.29, 1.82) is 0 Å². The molecule has 4 rings (SSSR count). The number of ether oxygens (including phenoxy) is 2. The Balaban J connectivity index is 1.26. The van der Waals surface area contributed by atoms with Crippen LogP contribution in [0.1, 0.15) is 46.4 Å². The fraction of sp³-hybridized carbons (Fsp3) is 0.435. The number of amides is 2. The molecule has 0 radical (unpaired) electrons. The summed E-state index contributed by atoms with van der Waals surface area (Å²) < 4.78 is 25.0. The summed E-state index contributed by atoms with van der Waals surface area (Å²) in [6, 6.07) is 7.59. The van der Waals surface area contributed by atoms with Gasteiger partial charge in [0.15, 0.2) is 11.6 Å². The van der Waals surface area contributed by atoms with Crippen molar-refractivity contribution in [1.82, 2.24) is 15.2 Å². The average Bonchev–Trinajstić information content (AvgIpc) is 3.20. The maximum atomic E-state index is 13.8. The van der Waals surface area contributed by atoms with Gasteiger partial charge in [-0.3, -0.25) is 14.6 Å². The lowest BCUT2D eigenvalue weighted by molar-refractivity contribution is -0.0712. The van der Waals surface area contributed by atoms with Crippen LogP contribution in [0.3, 0.4) is 0 Å². The zero-order chi connectivity index (χ0) is 21.8. The quantitative estimate of drug-likeness (QED) is 0.794. The predicted octanol–water partition coefficient (Wildman–Crippen LogP) is 2.81. The van der Waals surface area contributed by atoms with Crippen molar-refractivity contribution in [2.45, 2.75) is 37.4 Å². The topological polar surface area (TPSA) is 80.8 Å². The number of likely N-dealkylation sites (tertiary alicyclic amines) is 1. The van der Waals surface area contributed by atoms with Crippen molar-refractivity contribution in [3.05, 3.63) is 59.7 Å². The van der Waals surface area contributed by atoms with Gasteiger partial charge in [-0.1, -0.05) is 0 Å². The number of nitrogens with one attached hydrogen (secondary N) is 1. The standard InChI is InChI=1S/C23H26FN3O4/c1-30-20-3-2-17(14-19(20)24)21(28)26-15-18-4-7-23(31-18)8-12-27(13-9-23)22(29)16-5-10-25-11-6-16/h2-3,5-6,10-11,14,18H,4,7-9,12-13,15H2,1H3,(H,26,28). The Morgan fingerprint density at radius 3 is 2.61 bits per heavy atom. The van der Waals surface area contributed by atoms with Crippen LogP contribution in [0.4, 0.5) is 4.39 Å². The minimum Gasteiger partial charge on any atom is -0.494 e. The van der Waals surface area contributed by atoms with E-state index in [-0.39, 0.29) is 34.8 Å². The molecule has 31 heavy (non-hydrogen) atoms. The van der Waals surface area contributed by atoms with Gasteiger partial charge < -0.3 is 19.7 Å². The SMILES string of the molecule is COc1ccc(C(=O)NCC2CCC3(CCN(C(=O)c4ccncc4)CC3)O2)cc1F. The summed E-state index contributed by atoms with van der Waals surface area (Å²) in [5, 5.41) is 2.83. The third-order valence-electron chi connectivity index (χ3n) is 6.13. The van der Waals surface area contributed by atoms with Crippen LogP contribution in [0.25, 0.3) is 0 Å². The number of rotatable bonds is 5. The van der Waals surface area contributed by atoms with E-state index in [0.717, 1.165) is 25.7 Å². The Hall–Kier alpha value is -3.00. The number of hydrogen-bond acceptors (Lipinski definition) is 5. The van der Waals surface area contributed by atoms with Gasteiger partial charge in [0.1, 0.15) is 0 Å². The van der Waals surface area contributed by atoms with Gasteiger partial charge in [0.05, 0.1) is 18.8 Å². The van der Waals surface area contributed by atoms with Crippen LogP contribution >= 0.6 is 0 Å². The number of carbonyl (C=O) groups excluding carboxylic acids is 2. The van der Waals surface area contributed by atoms with Crippen LogP contribution < -0.4 is 10.1 Å². The molecule has 0 saturated carbocycles. The van der Waals surface area contributed by atoms with Crippen LogP contribution in [-0.4, -0.2) is 60.1 Å². The smallest absolute Gasteiger partial charge is 0.253 e. The summed E-state index contributed by atoms with van der Waals surface area (Å²) in [4.78, 5) is 30.8. The summed E-state index contributed by atoms with van der Waals surface area (Å²) in [5.74, 6) is -0.791. The second kappa shape index (κ2) is 9.01. The third kappa shape index (κ3) is 4.69. The number of benzene rings is 1. The highest BCUT2D eigenvalue weighted by Gasteiger charge is 2.43. The van der Waals surface area contributed by atoms with Gasteiger partial charge in [-0.2, -0.15) is 0 Å². The van der Waals surface area contributed by atoms with E-state index in [1.165, 1.54) is 25.3 Å². The zero-order valence-corrected chi connectivity index (χ0v) is 17.5. The lowest BCUT2D eigenvalue weighted by atomic mass is 9.88. The fourth-order valence-electron chi connectivity index (χ4n) is 4.32. The Bertz CT molecular complexity index is 945. The largest absolute Gasteiger partial charge is 0.494 e. The number of methoxy groups -OCH3 is 1. The number of hydrogen-bond donors (Lipinski definition) is 1. The molecule has 7 nitrogen and oxygen atoms in total. The maximum absolute atomic E-state index is 13.8. The highest BCUT2D eigenvalue weighted by molar-refractivity contribution is 5.94. The van der Waals surface area contributed by atoms with Crippen molar-refractivity contribution in [2.24, 2.45) is 0 Å². The van der Waals surface area contributed by atoms with E-state index >= 15 is 0 Å². The molecule has 1 aromatic carbocycles. The first-order valence-corrected chi connectivity index (χ1v) is 10.5. The Morgan fingerprint density at radius 1 is 1.19 bits per heavy atom. The van der Waals surface area contributed by atoms with E-state index in [0.29, 0.717) is 25.2 Å². The summed E-state index contributed by atoms with van der Waals surface area (Å²) in [6.07, 6.45) is 6.46. The van der Waals surface area contributed by atoms with Crippen molar-refractivity contribution in [3.63, 3.8) is 0 Å². The van der Waals surface area contributed by atoms with Gasteiger partial charge in [-0.25, -0.2) is 4.39 Å². The van der Waals surface area contributed by atoms with Crippen molar-refractivity contribution in [2.75, 3.05) is 26.7 Å². The lowest BCUT2D eigenvalue weighted by Crippen LogP contribution is -2.47. The molecule has 1 atom stereocenters. The number of piperidine rings is 1. The summed E-state index contributed by atoms with van der Waals surface area (Å²) in [7, 11) is 1.38. The van der Waals surface area contributed by atoms with Crippen LogP contribution in [0, 0.1) is 5.82 Å². The number of aromatic nitrogens is 1. The first-order valence-electron chi connectivity index (χ1n) is 10.5. The summed E-state index contributed by atoms with van der Waals surface area (Å²) >= 11 is 0. The molecule has 1 aromatic heterocycles. The molecule has 1 spiro atoms. The lowest BCUT2D eigenvalue weighted by Gasteiger charge is -2.39. The molecule has 1 N–H and O–H groups in total. The number of carbonyl (C=O) groups is 2. The highest BCUT2D eigenvalue weighted by atomic mass is 19.1. The van der Waals surface area contributed by atoms with Gasteiger partial charge in [0.25, 0.3) is 11.8 Å². The van der Waals surface area contributed by atoms with Crippen molar-refractivity contribution >= 4 is 11.8 Å². The average molecular weight is 427 g/mol. The molecule has 2 aliphatic heterocycles. The molecule has 2 amide bonds. The second-order valence-electron chi connectivity index (χ2n) is 8.05. The molecule has 2 aliphatic rings. The van der Waals surface area contributed by atoms with E-state index in [2.05, 4.69) is 10.3 Å². The van der Waals surface area contributed by atoms with Crippen LogP contribution in [-0.2, 0) is 4.74 Å². The third-order valence-corrected chi connectivity index (χ3v) is 6.13. The van der Waals surface area contributed by atoms with Gasteiger partial charge in [0.2, 0.25) is 0 Å². The Morgan fingerprint density at radius 2 is 1.94 bits per heavy atom. The minimum atomic E-state index is -0.570. The molecule has 2 fully saturated rings. The molecule has 2 saturated heterocycles. The molecule has 0 bridgehead atoms. The maximum Gasteiger partial charge on any atom is 0.253 e. The molecular formula is C23H26FN3O4. The van der Waals surface area contributed by atoms with Gasteiger partial charge in [-0.05, 0) is 56.0 Å². The number of pyridine rings is 1. The summed E-state index contributed by atoms with van der Waals surface area (Å²) in [5.41, 5.74) is 0.652. The predicted molar refractivity (Wildman–Crippen MR) is 111 cm³/mol. The number of halogens is 1. The van der Waals surface area contributed by atoms with Gasteiger partial charge >= 0.3 is 0 Å². The van der Waals surface area contributed by atoms with E-state index in [1.54, 1.807) is 24.5 Å². The first-order chi connectivity index (χ1) is 15.0. The second-order valence-corrected chi connectivity index (χ2v) is 8.05. The Labute approximate surface area is 180 Å². The first kappa shape index (κ1) is 21.2. The molecule has 2 aromatic rings. The molecule has 3 heterocycles. The van der Waals surface area contributed by atoms with E-state index < -0.39 is 5.82 Å². The molecule has 1 unspecified atom stereocenters. The minimum absolute atomic E-state index is 0.0192. The van der Waals surface area contributed by atoms with Crippen molar-refractivity contribution in [3.8, 4) is 5.75 Å². The molecule has 0 aliphatic carbocycles. The molecule has 164 valence electrons. The molecular weight excluding hydrogens is 401 g/mol. The molecule has 8 heteroatoms. The fourth-order valence-corrected chi connectivity index (χ4v) is 4.32.